The minimum Gasteiger partial charge on any atom is -0.458 e. The fraction of sp³-hybridized carbons (Fsp3) is 0.208. The van der Waals surface area contributed by atoms with Crippen LogP contribution in [0.2, 0.25) is 0 Å². The number of nitrogens with zero attached hydrogens (tertiary/aromatic N) is 3. The molecule has 0 spiro atoms. The third-order valence-electron chi connectivity index (χ3n) is 5.24. The Balaban J connectivity index is 1.48. The highest BCUT2D eigenvalue weighted by molar-refractivity contribution is 7.16. The van der Waals surface area contributed by atoms with Crippen LogP contribution in [0.25, 0.3) is 17.1 Å². The zero-order chi connectivity index (χ0) is 24.5. The van der Waals surface area contributed by atoms with Gasteiger partial charge in [-0.2, -0.15) is 8.78 Å². The topological polar surface area (TPSA) is 77.8 Å². The van der Waals surface area contributed by atoms with Gasteiger partial charge >= 0.3 is 6.61 Å². The molecule has 0 bridgehead atoms. The Kier molecular flexibility index (Phi) is 6.35. The molecule has 1 aliphatic rings. The predicted octanol–water partition coefficient (Wildman–Crippen LogP) is 6.28. The number of carbonyl (C=O) groups excluding carboxylic acids is 1. The van der Waals surface area contributed by atoms with Crippen LogP contribution >= 0.6 is 22.7 Å². The fourth-order valence-corrected chi connectivity index (χ4v) is 5.62. The van der Waals surface area contributed by atoms with Gasteiger partial charge in [0.15, 0.2) is 21.6 Å². The number of ether oxygens (including phenoxy) is 2. The summed E-state index contributed by atoms with van der Waals surface area (Å²) < 4.78 is 37.7. The lowest BCUT2D eigenvalue weighted by Gasteiger charge is -2.14. The minimum absolute atomic E-state index is 0.0980. The summed E-state index contributed by atoms with van der Waals surface area (Å²) in [6.45, 7) is 2.28. The molecule has 1 N–H and O–H groups in total. The summed E-state index contributed by atoms with van der Waals surface area (Å²) in [7, 11) is 0. The monoisotopic (exact) mass is 514 g/mol. The Bertz CT molecular complexity index is 1430. The molecule has 0 fully saturated rings. The number of fused-ring (bicyclic) bond motifs is 2. The van der Waals surface area contributed by atoms with Gasteiger partial charge in [-0.25, -0.2) is 9.97 Å². The normalized spacial score (nSPS) is 13.0. The molecule has 1 aromatic carbocycles. The van der Waals surface area contributed by atoms with Crippen LogP contribution < -0.4 is 14.8 Å². The van der Waals surface area contributed by atoms with Crippen molar-refractivity contribution in [3.05, 3.63) is 69.6 Å². The fourth-order valence-electron chi connectivity index (χ4n) is 3.85. The molecule has 5 rings (SSSR count). The summed E-state index contributed by atoms with van der Waals surface area (Å²) >= 11 is 2.89. The van der Waals surface area contributed by atoms with Crippen molar-refractivity contribution >= 4 is 50.8 Å². The van der Waals surface area contributed by atoms with Gasteiger partial charge < -0.3 is 9.47 Å². The predicted molar refractivity (Wildman–Crippen MR) is 133 cm³/mol. The zero-order valence-corrected chi connectivity index (χ0v) is 20.2. The van der Waals surface area contributed by atoms with Crippen LogP contribution in [0.4, 0.5) is 13.9 Å². The lowest BCUT2D eigenvalue weighted by atomic mass is 10.1. The van der Waals surface area contributed by atoms with Crippen LogP contribution in [0.15, 0.2) is 42.1 Å². The first-order valence-electron chi connectivity index (χ1n) is 10.7. The van der Waals surface area contributed by atoms with Crippen LogP contribution in [0.3, 0.4) is 0 Å². The minimum atomic E-state index is -3.01. The number of aromatic nitrogens is 3. The molecule has 35 heavy (non-hydrogen) atoms. The number of imidazole rings is 1. The molecular formula is C24H20F2N4O3S2. The van der Waals surface area contributed by atoms with Crippen molar-refractivity contribution in [1.29, 1.82) is 0 Å². The van der Waals surface area contributed by atoms with Crippen LogP contribution in [-0.4, -0.2) is 26.9 Å². The third-order valence-corrected chi connectivity index (χ3v) is 7.07. The van der Waals surface area contributed by atoms with Gasteiger partial charge in [0.1, 0.15) is 5.69 Å². The number of anilines is 1. The maximum atomic E-state index is 13.3. The van der Waals surface area contributed by atoms with E-state index in [0.29, 0.717) is 32.8 Å². The Hall–Kier alpha value is -3.57. The molecular weight excluding hydrogens is 494 g/mol. The van der Waals surface area contributed by atoms with Gasteiger partial charge in [-0.1, -0.05) is 18.7 Å². The van der Waals surface area contributed by atoms with E-state index >= 15 is 0 Å². The second kappa shape index (κ2) is 9.59. The van der Waals surface area contributed by atoms with Crippen molar-refractivity contribution in [1.82, 2.24) is 14.4 Å². The van der Waals surface area contributed by atoms with Crippen molar-refractivity contribution < 1.29 is 23.0 Å². The number of benzene rings is 1. The Morgan fingerprint density at radius 2 is 2.14 bits per heavy atom. The molecule has 0 saturated heterocycles. The van der Waals surface area contributed by atoms with E-state index in [1.54, 1.807) is 41.8 Å². The highest BCUT2D eigenvalue weighted by Crippen LogP contribution is 2.35. The average Bonchev–Trinajstić information content (AvgIpc) is 3.54. The van der Waals surface area contributed by atoms with Gasteiger partial charge in [-0.3, -0.25) is 14.5 Å². The standard InChI is InChI=1S/C24H20F2N4O3S2/c1-13(2)32-20-14(5-3-7-17(20)33-22(25)26)9-10-16-19(30-11-12-34-24(30)28-16)21(31)29-23-27-15-6-4-8-18(15)35-23/h3,5,7,9-12,22H,1,4,6,8H2,2H3,(H,27,29,31)/b10-9+. The van der Waals surface area contributed by atoms with E-state index in [2.05, 4.69) is 26.6 Å². The Morgan fingerprint density at radius 1 is 1.29 bits per heavy atom. The first kappa shape index (κ1) is 23.2. The molecule has 7 nitrogen and oxygen atoms in total. The number of para-hydroxylation sites is 1. The Morgan fingerprint density at radius 3 is 2.91 bits per heavy atom. The maximum absolute atomic E-state index is 13.3. The summed E-state index contributed by atoms with van der Waals surface area (Å²) in [5.74, 6) is -0.0503. The molecule has 3 heterocycles. The van der Waals surface area contributed by atoms with Crippen LogP contribution in [0.5, 0.6) is 11.5 Å². The van der Waals surface area contributed by atoms with E-state index in [1.807, 2.05) is 5.38 Å². The van der Waals surface area contributed by atoms with E-state index < -0.39 is 6.61 Å². The lowest BCUT2D eigenvalue weighted by Crippen LogP contribution is -2.15. The van der Waals surface area contributed by atoms with Crippen molar-refractivity contribution in [3.8, 4) is 11.5 Å². The van der Waals surface area contributed by atoms with Gasteiger partial charge in [-0.15, -0.1) is 22.7 Å². The Labute approximate surface area is 207 Å². The number of hydrogen-bond acceptors (Lipinski definition) is 7. The van der Waals surface area contributed by atoms with Crippen LogP contribution in [-0.2, 0) is 12.8 Å². The number of hydrogen-bond donors (Lipinski definition) is 1. The van der Waals surface area contributed by atoms with Gasteiger partial charge in [0.25, 0.3) is 5.91 Å². The van der Waals surface area contributed by atoms with Gasteiger partial charge in [0, 0.05) is 22.0 Å². The van der Waals surface area contributed by atoms with Crippen LogP contribution in [0.1, 0.15) is 45.7 Å². The molecule has 4 aromatic rings. The van der Waals surface area contributed by atoms with Gasteiger partial charge in [-0.05, 0) is 44.4 Å². The number of alkyl halides is 2. The first-order chi connectivity index (χ1) is 16.9. The molecule has 3 aromatic heterocycles. The molecule has 1 amide bonds. The lowest BCUT2D eigenvalue weighted by molar-refractivity contribution is -0.0511. The van der Waals surface area contributed by atoms with Crippen molar-refractivity contribution in [2.75, 3.05) is 5.32 Å². The van der Waals surface area contributed by atoms with E-state index in [-0.39, 0.29) is 17.4 Å². The third kappa shape index (κ3) is 4.82. The molecule has 1 aliphatic carbocycles. The average molecular weight is 515 g/mol. The molecule has 0 atom stereocenters. The number of allylic oxidation sites excluding steroid dienone is 1. The number of aryl methyl sites for hydroxylation is 2. The van der Waals surface area contributed by atoms with Gasteiger partial charge in [0.05, 0.1) is 17.1 Å². The van der Waals surface area contributed by atoms with Crippen molar-refractivity contribution in [2.45, 2.75) is 32.8 Å². The number of carbonyl (C=O) groups is 1. The number of nitrogens with one attached hydrogen (secondary N) is 1. The zero-order valence-electron chi connectivity index (χ0n) is 18.6. The van der Waals surface area contributed by atoms with Gasteiger partial charge in [0.2, 0.25) is 0 Å². The smallest absolute Gasteiger partial charge is 0.387 e. The first-order valence-corrected chi connectivity index (χ1v) is 12.4. The summed E-state index contributed by atoms with van der Waals surface area (Å²) in [5, 5.41) is 5.31. The molecule has 0 unspecified atom stereocenters. The summed E-state index contributed by atoms with van der Waals surface area (Å²) in [6, 6.07) is 4.64. The van der Waals surface area contributed by atoms with E-state index in [9.17, 15) is 13.6 Å². The second-order valence-electron chi connectivity index (χ2n) is 7.79. The second-order valence-corrected chi connectivity index (χ2v) is 9.74. The van der Waals surface area contributed by atoms with E-state index in [4.69, 9.17) is 4.74 Å². The number of rotatable bonds is 8. The molecule has 0 radical (unpaired) electrons. The summed E-state index contributed by atoms with van der Waals surface area (Å²) in [4.78, 5) is 24.2. The van der Waals surface area contributed by atoms with Crippen molar-refractivity contribution in [2.24, 2.45) is 0 Å². The number of halogens is 2. The summed E-state index contributed by atoms with van der Waals surface area (Å²) in [5.41, 5.74) is 2.27. The van der Waals surface area contributed by atoms with E-state index in [0.717, 1.165) is 25.0 Å². The maximum Gasteiger partial charge on any atom is 0.387 e. The molecule has 0 saturated carbocycles. The number of thiazole rings is 2. The number of amides is 1. The highest BCUT2D eigenvalue weighted by Gasteiger charge is 2.23. The van der Waals surface area contributed by atoms with E-state index in [1.165, 1.54) is 33.6 Å². The molecule has 180 valence electrons. The molecule has 0 aliphatic heterocycles. The van der Waals surface area contributed by atoms with Crippen LogP contribution in [0, 0.1) is 0 Å². The largest absolute Gasteiger partial charge is 0.458 e. The quantitative estimate of drug-likeness (QED) is 0.280. The highest BCUT2D eigenvalue weighted by atomic mass is 32.1. The summed E-state index contributed by atoms with van der Waals surface area (Å²) in [6.07, 6.45) is 8.06. The molecule has 11 heteroatoms. The van der Waals surface area contributed by atoms with Crippen molar-refractivity contribution in [3.63, 3.8) is 0 Å². The SMILES string of the molecule is C=C(C)Oc1c(/C=C/c2nc3sccn3c2C(=O)Nc2nc3c(s2)CCC3)cccc1OC(F)F.